The van der Waals surface area contributed by atoms with E-state index in [1.54, 1.807) is 0 Å². The summed E-state index contributed by atoms with van der Waals surface area (Å²) in [7, 11) is -1.84. The first-order valence-electron chi connectivity index (χ1n) is 11.8. The molecule has 0 amide bonds. The zero-order valence-electron chi connectivity index (χ0n) is 19.3. The second kappa shape index (κ2) is 9.40. The lowest BCUT2D eigenvalue weighted by molar-refractivity contribution is -0.263. The average Bonchev–Trinajstić information content (AvgIpc) is 3.03. The van der Waals surface area contributed by atoms with E-state index in [0.717, 1.165) is 25.7 Å². The second-order valence-corrected chi connectivity index (χ2v) is 15.6. The molecule has 2 unspecified atom stereocenters. The third-order valence-corrected chi connectivity index (χ3v) is 12.0. The average molecular weight is 423 g/mol. The van der Waals surface area contributed by atoms with Gasteiger partial charge < -0.3 is 19.0 Å². The normalized spacial score (nSPS) is 31.9. The third-order valence-electron chi connectivity index (χ3n) is 7.57. The minimum Gasteiger partial charge on any atom is -0.403 e. The van der Waals surface area contributed by atoms with Crippen LogP contribution in [-0.4, -0.2) is 44.1 Å². The lowest BCUT2D eigenvalue weighted by Crippen LogP contribution is -2.45. The van der Waals surface area contributed by atoms with Crippen molar-refractivity contribution in [2.45, 2.75) is 127 Å². The minimum absolute atomic E-state index is 0.0384. The topological polar surface area (TPSA) is 47.9 Å². The molecule has 5 heteroatoms. The highest BCUT2D eigenvalue weighted by Crippen LogP contribution is 2.42. The number of aliphatic hydroxyl groups excluding tert-OH is 1. The molecule has 2 aliphatic heterocycles. The van der Waals surface area contributed by atoms with Crippen LogP contribution in [0.2, 0.25) is 18.1 Å². The first-order chi connectivity index (χ1) is 13.6. The van der Waals surface area contributed by atoms with Crippen molar-refractivity contribution in [3.8, 4) is 11.8 Å². The molecule has 0 aromatic heterocycles. The molecule has 166 valence electrons. The van der Waals surface area contributed by atoms with Crippen molar-refractivity contribution in [3.05, 3.63) is 0 Å². The minimum atomic E-state index is -1.84. The van der Waals surface area contributed by atoms with E-state index in [9.17, 15) is 5.11 Å². The molecule has 4 atom stereocenters. The van der Waals surface area contributed by atoms with Crippen LogP contribution in [0.5, 0.6) is 0 Å². The summed E-state index contributed by atoms with van der Waals surface area (Å²) in [4.78, 5) is 0. The summed E-state index contributed by atoms with van der Waals surface area (Å²) < 4.78 is 18.9. The molecule has 0 radical (unpaired) electrons. The zero-order chi connectivity index (χ0) is 21.1. The van der Waals surface area contributed by atoms with Gasteiger partial charge >= 0.3 is 0 Å². The lowest BCUT2D eigenvalue weighted by atomic mass is 9.85. The fourth-order valence-electron chi connectivity index (χ4n) is 4.58. The molecule has 1 N–H and O–H groups in total. The Kier molecular flexibility index (Phi) is 7.55. The SMILES string of the molecule is CC(C)(C)[Si](C)(C)OC(C#CCCOC12CC[C@H](O1)[C@@H](O)CC2)C1CCCCC1. The summed E-state index contributed by atoms with van der Waals surface area (Å²) in [6, 6.07) is 0. The molecule has 2 bridgehead atoms. The first kappa shape index (κ1) is 23.3. The van der Waals surface area contributed by atoms with Gasteiger partial charge in [-0.3, -0.25) is 0 Å². The van der Waals surface area contributed by atoms with Gasteiger partial charge in [-0.15, -0.1) is 0 Å². The molecule has 0 spiro atoms. The van der Waals surface area contributed by atoms with E-state index in [-0.39, 0.29) is 23.4 Å². The standard InChI is InChI=1S/C24H42O4Si/c1-23(2,3)29(4,5)28-21(19-11-7-6-8-12-19)13-9-10-18-26-24-16-14-20(25)22(27-24)15-17-24/h19-22,25H,6-8,10-12,14-18H2,1-5H3/t20-,21?,22-,24?/m0/s1. The van der Waals surface area contributed by atoms with E-state index in [1.807, 2.05) is 0 Å². The predicted octanol–water partition coefficient (Wildman–Crippen LogP) is 5.40. The van der Waals surface area contributed by atoms with Crippen LogP contribution in [-0.2, 0) is 13.9 Å². The number of fused-ring (bicyclic) bond motifs is 2. The van der Waals surface area contributed by atoms with Crippen LogP contribution < -0.4 is 0 Å². The van der Waals surface area contributed by atoms with Crippen LogP contribution in [0.25, 0.3) is 0 Å². The van der Waals surface area contributed by atoms with E-state index in [2.05, 4.69) is 45.7 Å². The molecule has 1 aliphatic carbocycles. The van der Waals surface area contributed by atoms with Crippen molar-refractivity contribution in [2.75, 3.05) is 6.61 Å². The van der Waals surface area contributed by atoms with Crippen LogP contribution in [0.3, 0.4) is 0 Å². The van der Waals surface area contributed by atoms with Crippen LogP contribution in [0.15, 0.2) is 0 Å². The highest BCUT2D eigenvalue weighted by molar-refractivity contribution is 6.74. The quantitative estimate of drug-likeness (QED) is 0.354. The molecule has 1 saturated carbocycles. The molecule has 0 aromatic rings. The van der Waals surface area contributed by atoms with Gasteiger partial charge in [0.05, 0.1) is 18.8 Å². The fourth-order valence-corrected chi connectivity index (χ4v) is 5.82. The molecule has 3 aliphatic rings. The predicted molar refractivity (Wildman–Crippen MR) is 119 cm³/mol. The van der Waals surface area contributed by atoms with Gasteiger partial charge in [0, 0.05) is 19.3 Å². The van der Waals surface area contributed by atoms with Crippen molar-refractivity contribution in [1.82, 2.24) is 0 Å². The van der Waals surface area contributed by atoms with Gasteiger partial charge in [0.1, 0.15) is 6.10 Å². The van der Waals surface area contributed by atoms with Crippen molar-refractivity contribution in [3.63, 3.8) is 0 Å². The summed E-state index contributed by atoms with van der Waals surface area (Å²) in [5.41, 5.74) is 0. The van der Waals surface area contributed by atoms with E-state index >= 15 is 0 Å². The third kappa shape index (κ3) is 5.86. The Morgan fingerprint density at radius 3 is 2.48 bits per heavy atom. The monoisotopic (exact) mass is 422 g/mol. The van der Waals surface area contributed by atoms with Gasteiger partial charge in [0.2, 0.25) is 0 Å². The molecule has 3 rings (SSSR count). The summed E-state index contributed by atoms with van der Waals surface area (Å²) in [6.45, 7) is 12.2. The molecule has 2 saturated heterocycles. The Hall–Kier alpha value is -0.383. The van der Waals surface area contributed by atoms with Gasteiger partial charge in [0.25, 0.3) is 0 Å². The molecule has 4 nitrogen and oxygen atoms in total. The van der Waals surface area contributed by atoms with Crippen LogP contribution >= 0.6 is 0 Å². The Morgan fingerprint density at radius 1 is 1.10 bits per heavy atom. The highest BCUT2D eigenvalue weighted by atomic mass is 28.4. The van der Waals surface area contributed by atoms with Gasteiger partial charge in [-0.1, -0.05) is 51.9 Å². The first-order valence-corrected chi connectivity index (χ1v) is 14.7. The summed E-state index contributed by atoms with van der Waals surface area (Å²) in [6.07, 6.45) is 10.2. The van der Waals surface area contributed by atoms with Crippen LogP contribution in [0.1, 0.15) is 85.0 Å². The molecule has 29 heavy (non-hydrogen) atoms. The Balaban J connectivity index is 1.55. The smallest absolute Gasteiger partial charge is 0.193 e. The Labute approximate surface area is 179 Å². The van der Waals surface area contributed by atoms with Crippen molar-refractivity contribution in [1.29, 1.82) is 0 Å². The summed E-state index contributed by atoms with van der Waals surface area (Å²) >= 11 is 0. The zero-order valence-corrected chi connectivity index (χ0v) is 20.3. The number of hydrogen-bond donors (Lipinski definition) is 1. The van der Waals surface area contributed by atoms with E-state index < -0.39 is 14.1 Å². The van der Waals surface area contributed by atoms with Crippen LogP contribution in [0.4, 0.5) is 0 Å². The Bertz CT molecular complexity index is 596. The Morgan fingerprint density at radius 2 is 1.79 bits per heavy atom. The van der Waals surface area contributed by atoms with E-state index in [0.29, 0.717) is 18.9 Å². The summed E-state index contributed by atoms with van der Waals surface area (Å²) in [5, 5.41) is 10.1. The maximum Gasteiger partial charge on any atom is 0.193 e. The lowest BCUT2D eigenvalue weighted by Gasteiger charge is -2.40. The summed E-state index contributed by atoms with van der Waals surface area (Å²) in [5.74, 6) is 6.99. The number of aliphatic hydroxyl groups is 1. The van der Waals surface area contributed by atoms with Crippen molar-refractivity contribution < 1.29 is 19.0 Å². The van der Waals surface area contributed by atoms with Gasteiger partial charge in [0.15, 0.2) is 14.1 Å². The maximum atomic E-state index is 9.94. The number of rotatable bonds is 6. The number of ether oxygens (including phenoxy) is 2. The van der Waals surface area contributed by atoms with Gasteiger partial charge in [-0.25, -0.2) is 0 Å². The van der Waals surface area contributed by atoms with E-state index in [1.165, 1.54) is 32.1 Å². The second-order valence-electron chi connectivity index (χ2n) is 10.8. The van der Waals surface area contributed by atoms with E-state index in [4.69, 9.17) is 13.9 Å². The van der Waals surface area contributed by atoms with Crippen molar-refractivity contribution in [2.24, 2.45) is 5.92 Å². The maximum absolute atomic E-state index is 9.94. The fraction of sp³-hybridized carbons (Fsp3) is 0.917. The molecular formula is C24H42O4Si. The van der Waals surface area contributed by atoms with Crippen LogP contribution in [0, 0.1) is 17.8 Å². The van der Waals surface area contributed by atoms with Gasteiger partial charge in [-0.05, 0) is 49.7 Å². The molecule has 0 aromatic carbocycles. The van der Waals surface area contributed by atoms with Crippen molar-refractivity contribution >= 4 is 8.32 Å². The largest absolute Gasteiger partial charge is 0.403 e. The molecule has 3 fully saturated rings. The molecular weight excluding hydrogens is 380 g/mol. The number of hydrogen-bond acceptors (Lipinski definition) is 4. The molecule has 2 heterocycles. The van der Waals surface area contributed by atoms with Gasteiger partial charge in [-0.2, -0.15) is 0 Å². The highest BCUT2D eigenvalue weighted by Gasteiger charge is 2.47.